The van der Waals surface area contributed by atoms with E-state index in [4.69, 9.17) is 4.74 Å². The molecular weight excluding hydrogens is 246 g/mol. The highest BCUT2D eigenvalue weighted by molar-refractivity contribution is 7.18. The molecule has 0 atom stereocenters. The molecule has 98 valence electrons. The number of nitrogens with zero attached hydrogens (tertiary/aromatic N) is 2. The molecule has 0 saturated carbocycles. The molecule has 2 heterocycles. The lowest BCUT2D eigenvalue weighted by atomic mass is 10.3. The Kier molecular flexibility index (Phi) is 4.49. The van der Waals surface area contributed by atoms with Gasteiger partial charge in [0.25, 0.3) is 0 Å². The van der Waals surface area contributed by atoms with Gasteiger partial charge in [-0.2, -0.15) is 0 Å². The molecule has 0 aromatic carbocycles. The Morgan fingerprint density at radius 1 is 1.33 bits per heavy atom. The SMILES string of the molecule is CCCOCc1nc(NCC)c2cc(C)sc2n1. The average Bonchev–Trinajstić information content (AvgIpc) is 2.70. The molecule has 5 heteroatoms. The molecule has 0 unspecified atom stereocenters. The van der Waals surface area contributed by atoms with E-state index < -0.39 is 0 Å². The van der Waals surface area contributed by atoms with Crippen molar-refractivity contribution in [1.82, 2.24) is 9.97 Å². The van der Waals surface area contributed by atoms with Gasteiger partial charge in [-0.15, -0.1) is 11.3 Å². The van der Waals surface area contributed by atoms with Gasteiger partial charge in [-0.1, -0.05) is 6.92 Å². The number of anilines is 1. The van der Waals surface area contributed by atoms with Crippen LogP contribution >= 0.6 is 11.3 Å². The van der Waals surface area contributed by atoms with Crippen molar-refractivity contribution in [3.8, 4) is 0 Å². The number of hydrogen-bond acceptors (Lipinski definition) is 5. The predicted molar refractivity (Wildman–Crippen MR) is 76.3 cm³/mol. The highest BCUT2D eigenvalue weighted by Crippen LogP contribution is 2.28. The number of nitrogens with one attached hydrogen (secondary N) is 1. The molecular formula is C13H19N3OS. The van der Waals surface area contributed by atoms with E-state index in [1.54, 1.807) is 11.3 Å². The minimum atomic E-state index is 0.485. The third-order valence-corrected chi connectivity index (χ3v) is 3.43. The Morgan fingerprint density at radius 2 is 2.17 bits per heavy atom. The van der Waals surface area contributed by atoms with E-state index in [2.05, 4.69) is 42.1 Å². The third kappa shape index (κ3) is 2.97. The van der Waals surface area contributed by atoms with Crippen LogP contribution in [0.25, 0.3) is 10.2 Å². The lowest BCUT2D eigenvalue weighted by molar-refractivity contribution is 0.116. The van der Waals surface area contributed by atoms with Crippen molar-refractivity contribution in [3.63, 3.8) is 0 Å². The molecule has 0 saturated heterocycles. The van der Waals surface area contributed by atoms with Crippen molar-refractivity contribution in [2.45, 2.75) is 33.8 Å². The van der Waals surface area contributed by atoms with Crippen molar-refractivity contribution < 1.29 is 4.74 Å². The van der Waals surface area contributed by atoms with Crippen LogP contribution in [0.15, 0.2) is 6.07 Å². The van der Waals surface area contributed by atoms with Crippen molar-refractivity contribution in [2.75, 3.05) is 18.5 Å². The van der Waals surface area contributed by atoms with E-state index in [1.165, 1.54) is 4.88 Å². The van der Waals surface area contributed by atoms with Crippen LogP contribution in [0.5, 0.6) is 0 Å². The molecule has 0 aliphatic heterocycles. The molecule has 0 radical (unpaired) electrons. The van der Waals surface area contributed by atoms with Crippen LogP contribution in [0.3, 0.4) is 0 Å². The van der Waals surface area contributed by atoms with E-state index >= 15 is 0 Å². The van der Waals surface area contributed by atoms with Crippen LogP contribution in [0.1, 0.15) is 31.0 Å². The highest BCUT2D eigenvalue weighted by Gasteiger charge is 2.09. The zero-order chi connectivity index (χ0) is 13.0. The van der Waals surface area contributed by atoms with Crippen molar-refractivity contribution in [3.05, 3.63) is 16.8 Å². The normalized spacial score (nSPS) is 11.1. The summed E-state index contributed by atoms with van der Waals surface area (Å²) in [4.78, 5) is 11.4. The van der Waals surface area contributed by atoms with Gasteiger partial charge in [0.2, 0.25) is 0 Å². The molecule has 2 aromatic rings. The van der Waals surface area contributed by atoms with E-state index in [0.717, 1.165) is 41.4 Å². The predicted octanol–water partition coefficient (Wildman–Crippen LogP) is 3.36. The lowest BCUT2D eigenvalue weighted by Crippen LogP contribution is -2.05. The Hall–Kier alpha value is -1.20. The van der Waals surface area contributed by atoms with Crippen LogP contribution in [0.4, 0.5) is 5.82 Å². The smallest absolute Gasteiger partial charge is 0.158 e. The molecule has 0 aliphatic rings. The van der Waals surface area contributed by atoms with Crippen LogP contribution in [0.2, 0.25) is 0 Å². The summed E-state index contributed by atoms with van der Waals surface area (Å²) in [6.07, 6.45) is 1.01. The average molecular weight is 265 g/mol. The van der Waals surface area contributed by atoms with Crippen LogP contribution in [-0.4, -0.2) is 23.1 Å². The number of aryl methyl sites for hydroxylation is 1. The van der Waals surface area contributed by atoms with E-state index in [1.807, 2.05) is 0 Å². The Morgan fingerprint density at radius 3 is 2.89 bits per heavy atom. The lowest BCUT2D eigenvalue weighted by Gasteiger charge is -2.07. The molecule has 2 aromatic heterocycles. The maximum atomic E-state index is 5.51. The number of hydrogen-bond donors (Lipinski definition) is 1. The molecule has 0 aliphatic carbocycles. The topological polar surface area (TPSA) is 47.0 Å². The summed E-state index contributed by atoms with van der Waals surface area (Å²) in [5.41, 5.74) is 0. The maximum Gasteiger partial charge on any atom is 0.158 e. The Labute approximate surface area is 111 Å². The fourth-order valence-electron chi connectivity index (χ4n) is 1.76. The molecule has 0 fully saturated rings. The summed E-state index contributed by atoms with van der Waals surface area (Å²) in [6.45, 7) is 8.35. The summed E-state index contributed by atoms with van der Waals surface area (Å²) in [6, 6.07) is 2.13. The first kappa shape index (κ1) is 13.2. The van der Waals surface area contributed by atoms with Crippen LogP contribution in [-0.2, 0) is 11.3 Å². The fraction of sp³-hybridized carbons (Fsp3) is 0.538. The molecule has 2 rings (SSSR count). The fourth-order valence-corrected chi connectivity index (χ4v) is 2.66. The second-order valence-electron chi connectivity index (χ2n) is 4.15. The zero-order valence-corrected chi connectivity index (χ0v) is 11.9. The van der Waals surface area contributed by atoms with Gasteiger partial charge < -0.3 is 10.1 Å². The van der Waals surface area contributed by atoms with Gasteiger partial charge in [-0.25, -0.2) is 9.97 Å². The van der Waals surface area contributed by atoms with Crippen molar-refractivity contribution in [1.29, 1.82) is 0 Å². The van der Waals surface area contributed by atoms with Gasteiger partial charge in [0.05, 0.1) is 5.39 Å². The van der Waals surface area contributed by atoms with Crippen LogP contribution in [0, 0.1) is 6.92 Å². The van der Waals surface area contributed by atoms with Crippen molar-refractivity contribution in [2.24, 2.45) is 0 Å². The first-order chi connectivity index (χ1) is 8.74. The standard InChI is InChI=1S/C13H19N3OS/c1-4-6-17-8-11-15-12(14-5-2)10-7-9(3)18-13(10)16-11/h7H,4-6,8H2,1-3H3,(H,14,15,16). The molecule has 0 bridgehead atoms. The van der Waals surface area contributed by atoms with Crippen LogP contribution < -0.4 is 5.32 Å². The van der Waals surface area contributed by atoms with Gasteiger partial charge in [0, 0.05) is 18.0 Å². The third-order valence-electron chi connectivity index (χ3n) is 2.49. The van der Waals surface area contributed by atoms with E-state index in [0.29, 0.717) is 6.61 Å². The summed E-state index contributed by atoms with van der Waals surface area (Å²) < 4.78 is 5.51. The molecule has 0 amide bonds. The first-order valence-electron chi connectivity index (χ1n) is 6.33. The zero-order valence-electron chi connectivity index (χ0n) is 11.1. The minimum Gasteiger partial charge on any atom is -0.373 e. The van der Waals surface area contributed by atoms with Gasteiger partial charge in [-0.05, 0) is 26.3 Å². The van der Waals surface area contributed by atoms with Gasteiger partial charge >= 0.3 is 0 Å². The number of aromatic nitrogens is 2. The van der Waals surface area contributed by atoms with Crippen molar-refractivity contribution >= 4 is 27.4 Å². The Bertz CT molecular complexity index is 524. The summed E-state index contributed by atoms with van der Waals surface area (Å²) in [5.74, 6) is 1.68. The van der Waals surface area contributed by atoms with E-state index in [9.17, 15) is 0 Å². The second kappa shape index (κ2) is 6.11. The maximum absolute atomic E-state index is 5.51. The number of thiophene rings is 1. The Balaban J connectivity index is 2.30. The molecule has 0 spiro atoms. The van der Waals surface area contributed by atoms with E-state index in [-0.39, 0.29) is 0 Å². The van der Waals surface area contributed by atoms with Gasteiger partial charge in [0.15, 0.2) is 5.82 Å². The quantitative estimate of drug-likeness (QED) is 0.814. The largest absolute Gasteiger partial charge is 0.373 e. The monoisotopic (exact) mass is 265 g/mol. The molecule has 1 N–H and O–H groups in total. The number of fused-ring (bicyclic) bond motifs is 1. The van der Waals surface area contributed by atoms with Gasteiger partial charge in [-0.3, -0.25) is 0 Å². The molecule has 18 heavy (non-hydrogen) atoms. The molecule has 4 nitrogen and oxygen atoms in total. The summed E-state index contributed by atoms with van der Waals surface area (Å²) in [5, 5.41) is 4.40. The minimum absolute atomic E-state index is 0.485. The second-order valence-corrected chi connectivity index (χ2v) is 5.38. The number of ether oxygens (including phenoxy) is 1. The highest BCUT2D eigenvalue weighted by atomic mass is 32.1. The summed E-state index contributed by atoms with van der Waals surface area (Å²) >= 11 is 1.70. The number of rotatable bonds is 6. The first-order valence-corrected chi connectivity index (χ1v) is 7.15. The summed E-state index contributed by atoms with van der Waals surface area (Å²) in [7, 11) is 0. The van der Waals surface area contributed by atoms with Gasteiger partial charge in [0.1, 0.15) is 17.3 Å².